The number of hydrogen-bond donors (Lipinski definition) is 1. The molecule has 0 radical (unpaired) electrons. The molecule has 0 atom stereocenters. The van der Waals surface area contributed by atoms with E-state index >= 15 is 0 Å². The highest BCUT2D eigenvalue weighted by molar-refractivity contribution is 5.82. The maximum absolute atomic E-state index is 5.83. The highest BCUT2D eigenvalue weighted by Crippen LogP contribution is 2.26. The van der Waals surface area contributed by atoms with Gasteiger partial charge in [0.25, 0.3) is 0 Å². The largest absolute Gasteiger partial charge is 0.459 e. The van der Waals surface area contributed by atoms with E-state index in [-0.39, 0.29) is 0 Å². The molecule has 1 fully saturated rings. The van der Waals surface area contributed by atoms with E-state index in [1.165, 1.54) is 25.9 Å². The van der Waals surface area contributed by atoms with Crippen LogP contribution in [0.2, 0.25) is 0 Å². The number of para-hydroxylation sites is 1. The normalized spacial score (nSPS) is 16.2. The third kappa shape index (κ3) is 2.87. The zero-order valence-corrected chi connectivity index (χ0v) is 11.8. The number of likely N-dealkylation sites (tertiary alicyclic amines) is 1. The molecule has 1 aliphatic rings. The molecule has 1 saturated heterocycles. The average Bonchev–Trinajstić information content (AvgIpc) is 3.11. The van der Waals surface area contributed by atoms with Gasteiger partial charge in [-0.05, 0) is 32.0 Å². The molecular weight excluding hydrogens is 252 g/mol. The van der Waals surface area contributed by atoms with Gasteiger partial charge in [0.15, 0.2) is 0 Å². The first-order valence-corrected chi connectivity index (χ1v) is 7.38. The quantitative estimate of drug-likeness (QED) is 0.822. The second kappa shape index (κ2) is 6.39. The van der Waals surface area contributed by atoms with Crippen molar-refractivity contribution in [1.29, 1.82) is 0 Å². The van der Waals surface area contributed by atoms with Gasteiger partial charge in [-0.1, -0.05) is 18.2 Å². The van der Waals surface area contributed by atoms with Crippen molar-refractivity contribution in [2.75, 3.05) is 26.2 Å². The van der Waals surface area contributed by atoms with Gasteiger partial charge < -0.3 is 19.8 Å². The molecule has 1 aromatic heterocycles. The Morgan fingerprint density at radius 1 is 1.20 bits per heavy atom. The minimum atomic E-state index is 0.416. The SMILES string of the molecule is NCc1oc2ccccc2c1COCCN1CCCC1. The molecule has 108 valence electrons. The fraction of sp³-hybridized carbons (Fsp3) is 0.500. The molecule has 2 N–H and O–H groups in total. The molecule has 0 bridgehead atoms. The number of nitrogens with zero attached hydrogens (tertiary/aromatic N) is 1. The number of rotatable bonds is 6. The van der Waals surface area contributed by atoms with Gasteiger partial charge in [-0.15, -0.1) is 0 Å². The molecule has 20 heavy (non-hydrogen) atoms. The molecule has 3 rings (SSSR count). The molecule has 1 aliphatic heterocycles. The Balaban J connectivity index is 1.61. The molecule has 2 heterocycles. The van der Waals surface area contributed by atoms with E-state index in [1.807, 2.05) is 18.2 Å². The van der Waals surface area contributed by atoms with Crippen molar-refractivity contribution in [2.45, 2.75) is 26.0 Å². The van der Waals surface area contributed by atoms with E-state index in [4.69, 9.17) is 14.9 Å². The predicted octanol–water partition coefficient (Wildman–Crippen LogP) is 2.50. The number of furan rings is 1. The fourth-order valence-corrected chi connectivity index (χ4v) is 2.85. The molecule has 0 saturated carbocycles. The molecule has 4 nitrogen and oxygen atoms in total. The van der Waals surface area contributed by atoms with Gasteiger partial charge in [0.1, 0.15) is 11.3 Å². The monoisotopic (exact) mass is 274 g/mol. The van der Waals surface area contributed by atoms with Gasteiger partial charge >= 0.3 is 0 Å². The second-order valence-electron chi connectivity index (χ2n) is 5.31. The van der Waals surface area contributed by atoms with E-state index in [0.717, 1.165) is 35.4 Å². The van der Waals surface area contributed by atoms with Crippen LogP contribution >= 0.6 is 0 Å². The third-order valence-electron chi connectivity index (χ3n) is 3.96. The molecule has 0 unspecified atom stereocenters. The number of hydrogen-bond acceptors (Lipinski definition) is 4. The average molecular weight is 274 g/mol. The Hall–Kier alpha value is -1.36. The van der Waals surface area contributed by atoms with Gasteiger partial charge in [-0.2, -0.15) is 0 Å². The summed E-state index contributed by atoms with van der Waals surface area (Å²) in [5.74, 6) is 0.840. The first-order valence-electron chi connectivity index (χ1n) is 7.38. The van der Waals surface area contributed by atoms with Crippen LogP contribution in [-0.4, -0.2) is 31.1 Å². The van der Waals surface area contributed by atoms with Gasteiger partial charge in [0.05, 0.1) is 19.8 Å². The van der Waals surface area contributed by atoms with Crippen LogP contribution in [0.5, 0.6) is 0 Å². The Morgan fingerprint density at radius 2 is 2.00 bits per heavy atom. The summed E-state index contributed by atoms with van der Waals surface area (Å²) in [5.41, 5.74) is 7.76. The first-order chi connectivity index (χ1) is 9.88. The van der Waals surface area contributed by atoms with Crippen LogP contribution in [0.4, 0.5) is 0 Å². The van der Waals surface area contributed by atoms with Crippen molar-refractivity contribution in [1.82, 2.24) is 4.90 Å². The summed E-state index contributed by atoms with van der Waals surface area (Å²) in [6, 6.07) is 8.04. The Kier molecular flexibility index (Phi) is 4.35. The molecule has 4 heteroatoms. The predicted molar refractivity (Wildman–Crippen MR) is 79.4 cm³/mol. The minimum absolute atomic E-state index is 0.416. The maximum Gasteiger partial charge on any atom is 0.134 e. The highest BCUT2D eigenvalue weighted by Gasteiger charge is 2.14. The second-order valence-corrected chi connectivity index (χ2v) is 5.31. The van der Waals surface area contributed by atoms with Crippen LogP contribution in [0, 0.1) is 0 Å². The van der Waals surface area contributed by atoms with Gasteiger partial charge in [0.2, 0.25) is 0 Å². The third-order valence-corrected chi connectivity index (χ3v) is 3.96. The summed E-state index contributed by atoms with van der Waals surface area (Å²) in [5, 5.41) is 1.12. The lowest BCUT2D eigenvalue weighted by molar-refractivity contribution is 0.0988. The van der Waals surface area contributed by atoms with Crippen LogP contribution in [0.15, 0.2) is 28.7 Å². The zero-order valence-electron chi connectivity index (χ0n) is 11.8. The van der Waals surface area contributed by atoms with Crippen molar-refractivity contribution in [3.8, 4) is 0 Å². The van der Waals surface area contributed by atoms with Crippen molar-refractivity contribution < 1.29 is 9.15 Å². The number of fused-ring (bicyclic) bond motifs is 1. The van der Waals surface area contributed by atoms with E-state index in [0.29, 0.717) is 13.2 Å². The number of benzene rings is 1. The summed E-state index contributed by atoms with van der Waals surface area (Å²) in [6.45, 7) is 5.21. The van der Waals surface area contributed by atoms with Crippen LogP contribution in [0.3, 0.4) is 0 Å². The number of nitrogens with two attached hydrogens (primary N) is 1. The summed E-state index contributed by atoms with van der Waals surface area (Å²) >= 11 is 0. The van der Waals surface area contributed by atoms with E-state index in [9.17, 15) is 0 Å². The van der Waals surface area contributed by atoms with Crippen molar-refractivity contribution in [2.24, 2.45) is 5.73 Å². The van der Waals surface area contributed by atoms with E-state index in [1.54, 1.807) is 0 Å². The van der Waals surface area contributed by atoms with Gasteiger partial charge in [-0.25, -0.2) is 0 Å². The lowest BCUT2D eigenvalue weighted by Crippen LogP contribution is -2.24. The smallest absolute Gasteiger partial charge is 0.134 e. The van der Waals surface area contributed by atoms with Gasteiger partial charge in [-0.3, -0.25) is 0 Å². The summed E-state index contributed by atoms with van der Waals surface area (Å²) in [7, 11) is 0. The molecule has 0 amide bonds. The standard InChI is InChI=1S/C16H22N2O2/c17-11-16-14(13-5-1-2-6-15(13)20-16)12-19-10-9-18-7-3-4-8-18/h1-2,5-6H,3-4,7-12,17H2. The van der Waals surface area contributed by atoms with Crippen molar-refractivity contribution in [3.63, 3.8) is 0 Å². The van der Waals surface area contributed by atoms with Crippen molar-refractivity contribution in [3.05, 3.63) is 35.6 Å². The van der Waals surface area contributed by atoms with E-state index < -0.39 is 0 Å². The van der Waals surface area contributed by atoms with Crippen LogP contribution in [-0.2, 0) is 17.9 Å². The Morgan fingerprint density at radius 3 is 2.80 bits per heavy atom. The Bertz CT molecular complexity index is 559. The zero-order chi connectivity index (χ0) is 13.8. The number of ether oxygens (including phenoxy) is 1. The van der Waals surface area contributed by atoms with E-state index in [2.05, 4.69) is 11.0 Å². The first kappa shape index (κ1) is 13.6. The molecule has 2 aromatic rings. The summed E-state index contributed by atoms with van der Waals surface area (Å²) < 4.78 is 11.6. The summed E-state index contributed by atoms with van der Waals surface area (Å²) in [4.78, 5) is 2.46. The molecular formula is C16H22N2O2. The Labute approximate surface area is 119 Å². The lowest BCUT2D eigenvalue weighted by atomic mass is 10.1. The minimum Gasteiger partial charge on any atom is -0.459 e. The highest BCUT2D eigenvalue weighted by atomic mass is 16.5. The summed E-state index contributed by atoms with van der Waals surface area (Å²) in [6.07, 6.45) is 2.65. The molecule has 0 spiro atoms. The van der Waals surface area contributed by atoms with Crippen LogP contribution in [0.1, 0.15) is 24.2 Å². The lowest BCUT2D eigenvalue weighted by Gasteiger charge is -2.14. The van der Waals surface area contributed by atoms with Crippen molar-refractivity contribution >= 4 is 11.0 Å². The fourth-order valence-electron chi connectivity index (χ4n) is 2.85. The van der Waals surface area contributed by atoms with Crippen LogP contribution in [0.25, 0.3) is 11.0 Å². The van der Waals surface area contributed by atoms with Gasteiger partial charge in [0, 0.05) is 17.5 Å². The maximum atomic E-state index is 5.83. The topological polar surface area (TPSA) is 51.6 Å². The molecule has 0 aliphatic carbocycles. The molecule has 1 aromatic carbocycles. The van der Waals surface area contributed by atoms with Crippen LogP contribution < -0.4 is 5.73 Å².